The fourth-order valence-corrected chi connectivity index (χ4v) is 4.04. The Morgan fingerprint density at radius 1 is 1.31 bits per heavy atom. The molecule has 1 saturated heterocycles. The molecule has 150 valence electrons. The lowest BCUT2D eigenvalue weighted by Gasteiger charge is -2.32. The molecule has 9 nitrogen and oxygen atoms in total. The molecule has 3 aromatic heterocycles. The van der Waals surface area contributed by atoms with Crippen molar-refractivity contribution in [2.24, 2.45) is 0 Å². The van der Waals surface area contributed by atoms with E-state index in [0.717, 1.165) is 36.0 Å². The maximum absolute atomic E-state index is 12.1. The number of pyridine rings is 1. The third kappa shape index (κ3) is 3.22. The average molecular weight is 392 g/mol. The zero-order valence-electron chi connectivity index (χ0n) is 16.2. The number of carbonyl (C=O) groups is 1. The number of aromatic nitrogens is 5. The summed E-state index contributed by atoms with van der Waals surface area (Å²) in [5.41, 5.74) is 7.99. The van der Waals surface area contributed by atoms with E-state index in [1.54, 1.807) is 12.4 Å². The molecular weight excluding hydrogens is 368 g/mol. The van der Waals surface area contributed by atoms with E-state index in [1.165, 1.54) is 18.9 Å². The number of carbonyl (C=O) groups excluding carboxylic acids is 1. The van der Waals surface area contributed by atoms with E-state index in [2.05, 4.69) is 22.0 Å². The minimum atomic E-state index is -0.0434. The maximum atomic E-state index is 12.1. The summed E-state index contributed by atoms with van der Waals surface area (Å²) in [5, 5.41) is 13.4. The van der Waals surface area contributed by atoms with Crippen molar-refractivity contribution in [2.75, 3.05) is 24.1 Å². The van der Waals surface area contributed by atoms with Crippen LogP contribution < -0.4 is 11.1 Å². The highest BCUT2D eigenvalue weighted by atomic mass is 16.2. The number of rotatable bonds is 5. The Morgan fingerprint density at radius 3 is 2.97 bits per heavy atom. The van der Waals surface area contributed by atoms with Gasteiger partial charge < -0.3 is 16.0 Å². The minimum Gasteiger partial charge on any atom is -0.383 e. The predicted molar refractivity (Wildman–Crippen MR) is 111 cm³/mol. The van der Waals surface area contributed by atoms with Gasteiger partial charge in [0.15, 0.2) is 5.82 Å². The van der Waals surface area contributed by atoms with Crippen LogP contribution in [0.1, 0.15) is 37.8 Å². The monoisotopic (exact) mass is 392 g/mol. The molecule has 0 bridgehead atoms. The quantitative estimate of drug-likeness (QED) is 0.647. The fraction of sp³-hybridized carbons (Fsp3) is 0.400. The molecule has 4 heterocycles. The van der Waals surface area contributed by atoms with E-state index in [9.17, 15) is 4.79 Å². The standard InChI is InChI=1S/C20H24N8O/c1-2-17(29)26-9-3-4-15(12-26)28-16-7-8-22-19(21)18(16)20(25-28)24-13-10-23-27(11-13)14-5-6-14/h2,7-8,10-11,14-15H,1,3-6,9,12H2,(H2,21,22)(H,24,25)/t15-/m1/s1. The van der Waals surface area contributed by atoms with Crippen molar-refractivity contribution in [3.63, 3.8) is 0 Å². The van der Waals surface area contributed by atoms with Gasteiger partial charge in [0.2, 0.25) is 5.91 Å². The van der Waals surface area contributed by atoms with Crippen LogP contribution in [0.2, 0.25) is 0 Å². The first-order valence-electron chi connectivity index (χ1n) is 9.99. The lowest BCUT2D eigenvalue weighted by molar-refractivity contribution is -0.127. The number of amides is 1. The van der Waals surface area contributed by atoms with E-state index >= 15 is 0 Å². The van der Waals surface area contributed by atoms with Gasteiger partial charge in [-0.3, -0.25) is 14.2 Å². The van der Waals surface area contributed by atoms with E-state index in [1.807, 2.05) is 26.5 Å². The number of nitrogens with zero attached hydrogens (tertiary/aromatic N) is 6. The van der Waals surface area contributed by atoms with Crippen LogP contribution in [0.25, 0.3) is 10.9 Å². The molecule has 0 unspecified atom stereocenters. The first kappa shape index (κ1) is 17.7. The summed E-state index contributed by atoms with van der Waals surface area (Å²) < 4.78 is 3.96. The summed E-state index contributed by atoms with van der Waals surface area (Å²) in [6, 6.07) is 2.51. The van der Waals surface area contributed by atoms with Crippen LogP contribution >= 0.6 is 0 Å². The Kier molecular flexibility index (Phi) is 4.22. The van der Waals surface area contributed by atoms with Gasteiger partial charge in [-0.05, 0) is 37.8 Å². The summed E-state index contributed by atoms with van der Waals surface area (Å²) >= 11 is 0. The molecule has 1 aliphatic carbocycles. The van der Waals surface area contributed by atoms with Gasteiger partial charge in [0.1, 0.15) is 5.82 Å². The zero-order valence-corrected chi connectivity index (χ0v) is 16.2. The lowest BCUT2D eigenvalue weighted by Crippen LogP contribution is -2.40. The number of hydrogen-bond donors (Lipinski definition) is 2. The molecule has 0 aromatic carbocycles. The predicted octanol–water partition coefficient (Wildman–Crippen LogP) is 2.64. The Bertz CT molecular complexity index is 1080. The number of hydrogen-bond acceptors (Lipinski definition) is 6. The van der Waals surface area contributed by atoms with Gasteiger partial charge >= 0.3 is 0 Å². The highest BCUT2D eigenvalue weighted by Crippen LogP contribution is 2.36. The van der Waals surface area contributed by atoms with E-state index in [0.29, 0.717) is 24.2 Å². The average Bonchev–Trinajstić information content (AvgIpc) is 3.38. The maximum Gasteiger partial charge on any atom is 0.246 e. The molecule has 0 spiro atoms. The molecule has 1 saturated carbocycles. The van der Waals surface area contributed by atoms with Crippen LogP contribution in [0.5, 0.6) is 0 Å². The summed E-state index contributed by atoms with van der Waals surface area (Å²) in [7, 11) is 0. The molecule has 1 atom stereocenters. The van der Waals surface area contributed by atoms with Crippen molar-refractivity contribution in [3.05, 3.63) is 37.3 Å². The molecule has 29 heavy (non-hydrogen) atoms. The first-order chi connectivity index (χ1) is 14.1. The SMILES string of the molecule is C=CC(=O)N1CCC[C@@H](n2nc(Nc3cnn(C4CC4)c3)c3c(N)nccc32)C1. The number of nitrogen functional groups attached to an aromatic ring is 1. The smallest absolute Gasteiger partial charge is 0.246 e. The molecule has 2 aliphatic rings. The van der Waals surface area contributed by atoms with E-state index in [4.69, 9.17) is 10.8 Å². The second-order valence-corrected chi connectivity index (χ2v) is 7.73. The van der Waals surface area contributed by atoms with Crippen molar-refractivity contribution in [1.82, 2.24) is 29.4 Å². The van der Waals surface area contributed by atoms with Gasteiger partial charge in [-0.25, -0.2) is 4.98 Å². The van der Waals surface area contributed by atoms with Gasteiger partial charge in [0.05, 0.1) is 34.9 Å². The van der Waals surface area contributed by atoms with Crippen LogP contribution in [-0.2, 0) is 4.79 Å². The Balaban J connectivity index is 1.50. The molecule has 5 rings (SSSR count). The van der Waals surface area contributed by atoms with Crippen molar-refractivity contribution in [2.45, 2.75) is 37.8 Å². The van der Waals surface area contributed by atoms with Gasteiger partial charge in [0.25, 0.3) is 0 Å². The highest BCUT2D eigenvalue weighted by Gasteiger charge is 2.28. The van der Waals surface area contributed by atoms with Crippen LogP contribution in [-0.4, -0.2) is 48.4 Å². The molecule has 1 amide bonds. The highest BCUT2D eigenvalue weighted by molar-refractivity contribution is 5.99. The van der Waals surface area contributed by atoms with Crippen molar-refractivity contribution in [1.29, 1.82) is 0 Å². The number of likely N-dealkylation sites (tertiary alicyclic amines) is 1. The first-order valence-corrected chi connectivity index (χ1v) is 9.99. The number of nitrogens with two attached hydrogens (primary N) is 1. The topological polar surface area (TPSA) is 107 Å². The number of fused-ring (bicyclic) bond motifs is 1. The molecule has 2 fully saturated rings. The van der Waals surface area contributed by atoms with Crippen LogP contribution in [0, 0.1) is 0 Å². The van der Waals surface area contributed by atoms with Crippen molar-refractivity contribution in [3.8, 4) is 0 Å². The third-order valence-corrected chi connectivity index (χ3v) is 5.66. The van der Waals surface area contributed by atoms with Crippen LogP contribution in [0.4, 0.5) is 17.3 Å². The molecule has 0 radical (unpaired) electrons. The molecule has 3 aromatic rings. The van der Waals surface area contributed by atoms with Crippen LogP contribution in [0.15, 0.2) is 37.3 Å². The Hall–Kier alpha value is -3.36. The van der Waals surface area contributed by atoms with Crippen LogP contribution in [0.3, 0.4) is 0 Å². The molecule has 3 N–H and O–H groups in total. The number of anilines is 3. The molecule has 9 heteroatoms. The van der Waals surface area contributed by atoms with Gasteiger partial charge in [-0.1, -0.05) is 6.58 Å². The Morgan fingerprint density at radius 2 is 2.17 bits per heavy atom. The van der Waals surface area contributed by atoms with Crippen molar-refractivity contribution >= 4 is 34.1 Å². The normalized spacial score (nSPS) is 19.4. The Labute approximate surface area is 168 Å². The largest absolute Gasteiger partial charge is 0.383 e. The second kappa shape index (κ2) is 6.91. The summed E-state index contributed by atoms with van der Waals surface area (Å²) in [5.74, 6) is 1.05. The molecule has 1 aliphatic heterocycles. The summed E-state index contributed by atoms with van der Waals surface area (Å²) in [6.07, 6.45) is 11.1. The minimum absolute atomic E-state index is 0.0434. The van der Waals surface area contributed by atoms with Gasteiger partial charge in [-0.15, -0.1) is 0 Å². The second-order valence-electron chi connectivity index (χ2n) is 7.73. The lowest BCUT2D eigenvalue weighted by atomic mass is 10.1. The van der Waals surface area contributed by atoms with E-state index in [-0.39, 0.29) is 11.9 Å². The number of nitrogens with one attached hydrogen (secondary N) is 1. The summed E-state index contributed by atoms with van der Waals surface area (Å²) in [4.78, 5) is 18.2. The molecular formula is C20H24N8O. The van der Waals surface area contributed by atoms with Crippen molar-refractivity contribution < 1.29 is 4.79 Å². The summed E-state index contributed by atoms with van der Waals surface area (Å²) in [6.45, 7) is 4.95. The number of piperidine rings is 1. The van der Waals surface area contributed by atoms with Gasteiger partial charge in [0, 0.05) is 25.5 Å². The third-order valence-electron chi connectivity index (χ3n) is 5.66. The van der Waals surface area contributed by atoms with Gasteiger partial charge in [-0.2, -0.15) is 10.2 Å². The van der Waals surface area contributed by atoms with E-state index < -0.39 is 0 Å². The zero-order chi connectivity index (χ0) is 20.0. The fourth-order valence-electron chi connectivity index (χ4n) is 4.04.